The molecule has 1 saturated heterocycles. The number of aliphatic hydroxyl groups is 1. The van der Waals surface area contributed by atoms with Crippen LogP contribution in [-0.4, -0.2) is 143 Å². The second-order valence-electron chi connectivity index (χ2n) is 17.9. The van der Waals surface area contributed by atoms with E-state index < -0.39 is 108 Å². The summed E-state index contributed by atoms with van der Waals surface area (Å²) in [7, 11) is 0. The third-order valence-corrected chi connectivity index (χ3v) is 11.9. The van der Waals surface area contributed by atoms with Crippen LogP contribution in [0.3, 0.4) is 0 Å². The Morgan fingerprint density at radius 2 is 1.34 bits per heavy atom. The number of aromatic amines is 1. The van der Waals surface area contributed by atoms with Crippen LogP contribution in [-0.2, 0) is 56.0 Å². The first-order valence-corrected chi connectivity index (χ1v) is 24.2. The summed E-state index contributed by atoms with van der Waals surface area (Å²) in [4.78, 5) is 135. The molecule has 0 radical (unpaired) electrons. The Labute approximate surface area is 427 Å². The maximum absolute atomic E-state index is 14.5. The van der Waals surface area contributed by atoms with E-state index in [9.17, 15) is 48.3 Å². The molecule has 402 valence electrons. The summed E-state index contributed by atoms with van der Waals surface area (Å²) in [5, 5.41) is 32.4. The van der Waals surface area contributed by atoms with Crippen LogP contribution in [0.1, 0.15) is 76.3 Å². The molecular weight excluding hydrogens is 961 g/mol. The number of aromatic nitrogens is 1. The molecule has 4 rings (SSSR count). The van der Waals surface area contributed by atoms with Crippen molar-refractivity contribution in [2.24, 2.45) is 38.7 Å². The molecule has 9 amide bonds. The molecule has 2 heterocycles. The van der Waals surface area contributed by atoms with Gasteiger partial charge in [-0.05, 0) is 69.1 Å². The number of hydrogen-bond acceptors (Lipinski definition) is 12. The first kappa shape index (κ1) is 58.3. The monoisotopic (exact) mass is 1030 g/mol. The van der Waals surface area contributed by atoms with E-state index in [1.807, 2.05) is 18.2 Å². The number of hydrogen-bond donors (Lipinski definition) is 15. The van der Waals surface area contributed by atoms with E-state index in [4.69, 9.17) is 28.7 Å². The number of benzene rings is 2. The molecule has 0 bridgehead atoms. The van der Waals surface area contributed by atoms with E-state index in [1.54, 1.807) is 42.6 Å². The SMILES string of the molecule is CC(=O)N[C@@H](CCCN=C(N)N)C(=O)N[C@H]1CC(=O)NCCCC[C@@H](C(N)=O)NC(=O)[C@H](Cc2c[nH]c3ccccc23)NC(=O)[C@H](CCCN=C(N)N)NC(=O)[C@@H](Cc2ccccc2)NC(=O)[C@@H]([C@@H](C)O)NC1=O. The maximum Gasteiger partial charge on any atom is 0.245 e. The van der Waals surface area contributed by atoms with Crippen LogP contribution in [0.25, 0.3) is 10.9 Å². The zero-order valence-electron chi connectivity index (χ0n) is 41.5. The number of nitrogens with two attached hydrogens (primary N) is 5. The van der Waals surface area contributed by atoms with Crippen LogP contribution < -0.4 is 71.2 Å². The fourth-order valence-corrected chi connectivity index (χ4v) is 8.04. The number of fused-ring (bicyclic) bond motifs is 1. The number of nitrogens with one attached hydrogen (secondary N) is 9. The number of carbonyl (C=O) groups excluding carboxylic acids is 9. The number of guanidine groups is 2. The Morgan fingerprint density at radius 3 is 2.00 bits per heavy atom. The molecular formula is C48H70N16O10. The third-order valence-electron chi connectivity index (χ3n) is 11.9. The lowest BCUT2D eigenvalue weighted by Gasteiger charge is -2.28. The number of aliphatic hydroxyl groups excluding tert-OH is 1. The van der Waals surface area contributed by atoms with Crippen LogP contribution in [0.4, 0.5) is 0 Å². The molecule has 20 N–H and O–H groups in total. The normalized spacial score (nSPS) is 21.7. The minimum absolute atomic E-state index is 0.00257. The highest BCUT2D eigenvalue weighted by molar-refractivity contribution is 5.99. The fraction of sp³-hybridized carbons (Fsp3) is 0.479. The Bertz CT molecular complexity index is 2490. The van der Waals surface area contributed by atoms with Crippen LogP contribution in [0.2, 0.25) is 0 Å². The summed E-state index contributed by atoms with van der Waals surface area (Å²) in [5.41, 5.74) is 29.6. The Kier molecular flexibility index (Phi) is 23.1. The van der Waals surface area contributed by atoms with Crippen molar-refractivity contribution in [1.82, 2.24) is 47.5 Å². The molecule has 3 aromatic rings. The van der Waals surface area contributed by atoms with Crippen molar-refractivity contribution in [3.8, 4) is 0 Å². The Morgan fingerprint density at radius 1 is 0.730 bits per heavy atom. The summed E-state index contributed by atoms with van der Waals surface area (Å²) >= 11 is 0. The topological polar surface area (TPSA) is 441 Å². The van der Waals surface area contributed by atoms with Crippen LogP contribution in [0.5, 0.6) is 0 Å². The van der Waals surface area contributed by atoms with Gasteiger partial charge in [-0.25, -0.2) is 0 Å². The van der Waals surface area contributed by atoms with Gasteiger partial charge in [-0.1, -0.05) is 48.5 Å². The standard InChI is InChI=1S/C48H70N16O10/c1-26(65)39-46(74)63-35(22-28-12-4-3-5-13-28)43(71)60-34(18-11-21-56-48(52)53)42(70)61-36(23-29-25-57-31-15-7-6-14-30(29)31)44(72)59-32(40(49)68)16-8-9-19-54-38(67)24-37(45(73)64-39)62-41(69)33(58-27(2)66)17-10-20-55-47(50)51/h3-7,12-15,25-26,32-37,39,57,65H,8-11,16-24H2,1-2H3,(H2,49,68)(H,54,67)(H,58,66)(H,59,72)(H,60,71)(H,61,70)(H,62,69)(H,63,74)(H,64,73)(H4,50,51,55)(H4,52,53,56)/t26-,32+,33+,34+,35-,36+,37+,39-/m1/s1. The molecule has 2 aromatic carbocycles. The van der Waals surface area contributed by atoms with Crippen LogP contribution in [0.15, 0.2) is 70.8 Å². The molecule has 1 fully saturated rings. The average molecular weight is 1030 g/mol. The van der Waals surface area contributed by atoms with Crippen molar-refractivity contribution >= 4 is 76.0 Å². The molecule has 1 aliphatic heterocycles. The number of carbonyl (C=O) groups is 9. The number of nitrogens with zero attached hydrogens (tertiary/aromatic N) is 2. The zero-order chi connectivity index (χ0) is 54.3. The number of para-hydroxylation sites is 1. The van der Waals surface area contributed by atoms with Gasteiger partial charge in [0, 0.05) is 56.5 Å². The van der Waals surface area contributed by atoms with Crippen molar-refractivity contribution in [1.29, 1.82) is 0 Å². The average Bonchev–Trinajstić information content (AvgIpc) is 3.75. The van der Waals surface area contributed by atoms with Gasteiger partial charge in [0.05, 0.1) is 12.5 Å². The summed E-state index contributed by atoms with van der Waals surface area (Å²) in [6, 6.07) is 5.54. The number of H-pyrrole nitrogens is 1. The highest BCUT2D eigenvalue weighted by Crippen LogP contribution is 2.20. The second kappa shape index (κ2) is 29.3. The molecule has 1 aliphatic rings. The number of amides is 9. The smallest absolute Gasteiger partial charge is 0.245 e. The van der Waals surface area contributed by atoms with Crippen molar-refractivity contribution < 1.29 is 48.3 Å². The molecule has 0 spiro atoms. The third kappa shape index (κ3) is 19.4. The van der Waals surface area contributed by atoms with Gasteiger partial charge in [-0.2, -0.15) is 0 Å². The van der Waals surface area contributed by atoms with E-state index in [1.165, 1.54) is 13.8 Å². The molecule has 0 aliphatic carbocycles. The highest BCUT2D eigenvalue weighted by Gasteiger charge is 2.36. The molecule has 26 heteroatoms. The molecule has 0 saturated carbocycles. The number of rotatable bonds is 17. The summed E-state index contributed by atoms with van der Waals surface area (Å²) in [6.07, 6.45) is -0.168. The van der Waals surface area contributed by atoms with Crippen LogP contribution in [0, 0.1) is 0 Å². The second-order valence-corrected chi connectivity index (χ2v) is 17.9. The number of aliphatic imine (C=N–C) groups is 2. The lowest BCUT2D eigenvalue weighted by Crippen LogP contribution is -2.62. The first-order chi connectivity index (χ1) is 35.2. The first-order valence-electron chi connectivity index (χ1n) is 24.2. The molecule has 26 nitrogen and oxygen atoms in total. The lowest BCUT2D eigenvalue weighted by atomic mass is 10.0. The van der Waals surface area contributed by atoms with Gasteiger partial charge in [0.25, 0.3) is 0 Å². The van der Waals surface area contributed by atoms with E-state index >= 15 is 0 Å². The quantitative estimate of drug-likeness (QED) is 0.0349. The maximum atomic E-state index is 14.5. The molecule has 0 unspecified atom stereocenters. The van der Waals surface area contributed by atoms with Crippen molar-refractivity contribution in [2.75, 3.05) is 19.6 Å². The zero-order valence-corrected chi connectivity index (χ0v) is 41.5. The lowest BCUT2D eigenvalue weighted by molar-refractivity contribution is -0.137. The predicted octanol–water partition coefficient (Wildman–Crippen LogP) is -3.97. The minimum atomic E-state index is -1.80. The Hall–Kier alpha value is -8.29. The van der Waals surface area contributed by atoms with Crippen molar-refractivity contribution in [2.45, 2.75) is 126 Å². The van der Waals surface area contributed by atoms with Gasteiger partial charge in [0.2, 0.25) is 53.2 Å². The fourth-order valence-electron chi connectivity index (χ4n) is 8.04. The minimum Gasteiger partial charge on any atom is -0.391 e. The van der Waals surface area contributed by atoms with E-state index in [0.29, 0.717) is 11.1 Å². The van der Waals surface area contributed by atoms with Gasteiger partial charge in [-0.15, -0.1) is 0 Å². The van der Waals surface area contributed by atoms with Gasteiger partial charge < -0.3 is 81.3 Å². The van der Waals surface area contributed by atoms with E-state index in [0.717, 1.165) is 10.9 Å². The summed E-state index contributed by atoms with van der Waals surface area (Å²) in [6.45, 7) is 2.49. The van der Waals surface area contributed by atoms with Crippen molar-refractivity contribution in [3.05, 3.63) is 71.9 Å². The highest BCUT2D eigenvalue weighted by atomic mass is 16.3. The van der Waals surface area contributed by atoms with E-state index in [2.05, 4.69) is 57.5 Å². The predicted molar refractivity (Wildman–Crippen MR) is 274 cm³/mol. The molecule has 1 aromatic heterocycles. The van der Waals surface area contributed by atoms with Crippen LogP contribution >= 0.6 is 0 Å². The van der Waals surface area contributed by atoms with Gasteiger partial charge in [0.15, 0.2) is 11.9 Å². The summed E-state index contributed by atoms with van der Waals surface area (Å²) in [5.74, 6) is -8.17. The van der Waals surface area contributed by atoms with E-state index in [-0.39, 0.29) is 89.3 Å². The largest absolute Gasteiger partial charge is 0.391 e. The van der Waals surface area contributed by atoms with Crippen molar-refractivity contribution in [3.63, 3.8) is 0 Å². The number of primary amides is 1. The van der Waals surface area contributed by atoms with Gasteiger partial charge in [-0.3, -0.25) is 53.1 Å². The van der Waals surface area contributed by atoms with Gasteiger partial charge in [0.1, 0.15) is 42.3 Å². The summed E-state index contributed by atoms with van der Waals surface area (Å²) < 4.78 is 0. The van der Waals surface area contributed by atoms with Gasteiger partial charge >= 0.3 is 0 Å². The molecule has 8 atom stereocenters. The Balaban J connectivity index is 1.76. The molecule has 74 heavy (non-hydrogen) atoms.